The van der Waals surface area contributed by atoms with E-state index in [4.69, 9.17) is 11.5 Å². The molecule has 0 aromatic heterocycles. The van der Waals surface area contributed by atoms with Crippen LogP contribution in [0, 0.1) is 0 Å². The summed E-state index contributed by atoms with van der Waals surface area (Å²) in [7, 11) is 0. The second-order valence-electron chi connectivity index (χ2n) is 4.86. The van der Waals surface area contributed by atoms with Gasteiger partial charge in [0, 0.05) is 23.5 Å². The quantitative estimate of drug-likeness (QED) is 0.785. The molecule has 0 aliphatic rings. The Morgan fingerprint density at radius 1 is 1.30 bits per heavy atom. The molecular formula is C14H20BrN3O2. The van der Waals surface area contributed by atoms with Gasteiger partial charge in [0.05, 0.1) is 6.54 Å². The van der Waals surface area contributed by atoms with Gasteiger partial charge in [-0.1, -0.05) is 28.1 Å². The van der Waals surface area contributed by atoms with Crippen LogP contribution in [0.3, 0.4) is 0 Å². The van der Waals surface area contributed by atoms with Gasteiger partial charge in [-0.05, 0) is 31.0 Å². The SMILES string of the molecule is CC(N)CCC(=O)N(CC(N)=O)Cc1ccc(Br)cc1. The summed E-state index contributed by atoms with van der Waals surface area (Å²) in [6.07, 6.45) is 0.913. The standard InChI is InChI=1S/C14H20BrN3O2/c1-10(16)2-7-14(20)18(9-13(17)19)8-11-3-5-12(15)6-4-11/h3-6,10H,2,7-9,16H2,1H3,(H2,17,19). The Morgan fingerprint density at radius 2 is 1.90 bits per heavy atom. The minimum Gasteiger partial charge on any atom is -0.368 e. The number of rotatable bonds is 7. The van der Waals surface area contributed by atoms with Gasteiger partial charge in [-0.3, -0.25) is 9.59 Å². The Morgan fingerprint density at radius 3 is 2.40 bits per heavy atom. The van der Waals surface area contributed by atoms with E-state index in [-0.39, 0.29) is 18.5 Å². The van der Waals surface area contributed by atoms with Crippen molar-refractivity contribution < 1.29 is 9.59 Å². The van der Waals surface area contributed by atoms with Crippen molar-refractivity contribution in [1.82, 2.24) is 4.90 Å². The lowest BCUT2D eigenvalue weighted by Gasteiger charge is -2.22. The highest BCUT2D eigenvalue weighted by atomic mass is 79.9. The predicted octanol–water partition coefficient (Wildman–Crippen LogP) is 1.39. The molecule has 0 radical (unpaired) electrons. The zero-order valence-corrected chi connectivity index (χ0v) is 13.1. The highest BCUT2D eigenvalue weighted by molar-refractivity contribution is 9.10. The maximum absolute atomic E-state index is 12.1. The average Bonchev–Trinajstić information content (AvgIpc) is 2.37. The van der Waals surface area contributed by atoms with Crippen LogP contribution < -0.4 is 11.5 Å². The fourth-order valence-electron chi connectivity index (χ4n) is 1.74. The van der Waals surface area contributed by atoms with Gasteiger partial charge in [0.1, 0.15) is 0 Å². The van der Waals surface area contributed by atoms with Crippen LogP contribution in [0.25, 0.3) is 0 Å². The molecule has 110 valence electrons. The Bertz CT molecular complexity index is 460. The molecule has 0 saturated carbocycles. The molecule has 1 aromatic carbocycles. The third kappa shape index (κ3) is 6.16. The summed E-state index contributed by atoms with van der Waals surface area (Å²) < 4.78 is 0.964. The lowest BCUT2D eigenvalue weighted by molar-refractivity contribution is -0.135. The first-order valence-electron chi connectivity index (χ1n) is 6.44. The second kappa shape index (κ2) is 8.01. The molecule has 0 bridgehead atoms. The Kier molecular flexibility index (Phi) is 6.67. The zero-order chi connectivity index (χ0) is 15.1. The smallest absolute Gasteiger partial charge is 0.237 e. The molecule has 2 amide bonds. The fraction of sp³-hybridized carbons (Fsp3) is 0.429. The first kappa shape index (κ1) is 16.7. The highest BCUT2D eigenvalue weighted by Crippen LogP contribution is 2.13. The summed E-state index contributed by atoms with van der Waals surface area (Å²) in [6.45, 7) is 2.14. The fourth-order valence-corrected chi connectivity index (χ4v) is 2.00. The van der Waals surface area contributed by atoms with Crippen LogP contribution in [0.1, 0.15) is 25.3 Å². The van der Waals surface area contributed by atoms with Crippen molar-refractivity contribution in [1.29, 1.82) is 0 Å². The number of hydrogen-bond acceptors (Lipinski definition) is 3. The lowest BCUT2D eigenvalue weighted by Crippen LogP contribution is -2.38. The molecule has 0 heterocycles. The molecule has 0 spiro atoms. The molecule has 1 aromatic rings. The lowest BCUT2D eigenvalue weighted by atomic mass is 10.1. The predicted molar refractivity (Wildman–Crippen MR) is 81.6 cm³/mol. The minimum atomic E-state index is -0.517. The zero-order valence-electron chi connectivity index (χ0n) is 11.5. The van der Waals surface area contributed by atoms with E-state index in [0.29, 0.717) is 19.4 Å². The van der Waals surface area contributed by atoms with Crippen LogP contribution in [0.2, 0.25) is 0 Å². The molecule has 6 heteroatoms. The number of nitrogens with two attached hydrogens (primary N) is 2. The maximum Gasteiger partial charge on any atom is 0.237 e. The number of hydrogen-bond donors (Lipinski definition) is 2. The summed E-state index contributed by atoms with van der Waals surface area (Å²) >= 11 is 3.35. The normalized spacial score (nSPS) is 11.9. The van der Waals surface area contributed by atoms with Crippen LogP contribution in [0.4, 0.5) is 0 Å². The first-order chi connectivity index (χ1) is 9.38. The van der Waals surface area contributed by atoms with Gasteiger partial charge in [0.2, 0.25) is 11.8 Å². The Labute approximate surface area is 127 Å². The van der Waals surface area contributed by atoms with E-state index >= 15 is 0 Å². The van der Waals surface area contributed by atoms with E-state index in [1.165, 1.54) is 4.90 Å². The number of nitrogens with zero attached hydrogens (tertiary/aromatic N) is 1. The van der Waals surface area contributed by atoms with Crippen molar-refractivity contribution >= 4 is 27.7 Å². The van der Waals surface area contributed by atoms with E-state index in [1.54, 1.807) is 0 Å². The summed E-state index contributed by atoms with van der Waals surface area (Å²) in [6, 6.07) is 7.55. The van der Waals surface area contributed by atoms with E-state index in [2.05, 4.69) is 15.9 Å². The maximum atomic E-state index is 12.1. The van der Waals surface area contributed by atoms with Crippen molar-refractivity contribution in [3.05, 3.63) is 34.3 Å². The van der Waals surface area contributed by atoms with Crippen LogP contribution in [-0.2, 0) is 16.1 Å². The molecule has 4 N–H and O–H groups in total. The van der Waals surface area contributed by atoms with Gasteiger partial charge in [-0.25, -0.2) is 0 Å². The van der Waals surface area contributed by atoms with Crippen LogP contribution in [0.15, 0.2) is 28.7 Å². The highest BCUT2D eigenvalue weighted by Gasteiger charge is 2.16. The van der Waals surface area contributed by atoms with E-state index < -0.39 is 5.91 Å². The van der Waals surface area contributed by atoms with E-state index in [0.717, 1.165) is 10.0 Å². The van der Waals surface area contributed by atoms with Crippen LogP contribution in [-0.4, -0.2) is 29.3 Å². The summed E-state index contributed by atoms with van der Waals surface area (Å²) in [4.78, 5) is 24.7. The number of carbonyl (C=O) groups is 2. The number of primary amides is 1. The van der Waals surface area contributed by atoms with Gasteiger partial charge in [-0.15, -0.1) is 0 Å². The second-order valence-corrected chi connectivity index (χ2v) is 5.77. The molecule has 1 rings (SSSR count). The molecule has 1 atom stereocenters. The van der Waals surface area contributed by atoms with E-state index in [1.807, 2.05) is 31.2 Å². The molecule has 0 saturated heterocycles. The largest absolute Gasteiger partial charge is 0.368 e. The summed E-state index contributed by atoms with van der Waals surface area (Å²) in [5, 5.41) is 0. The van der Waals surface area contributed by atoms with Crippen molar-refractivity contribution in [2.24, 2.45) is 11.5 Å². The van der Waals surface area contributed by atoms with Crippen molar-refractivity contribution in [2.45, 2.75) is 32.4 Å². The third-order valence-corrected chi connectivity index (χ3v) is 3.33. The van der Waals surface area contributed by atoms with Gasteiger partial charge >= 0.3 is 0 Å². The number of amides is 2. The average molecular weight is 342 g/mol. The van der Waals surface area contributed by atoms with Crippen LogP contribution >= 0.6 is 15.9 Å². The van der Waals surface area contributed by atoms with Gasteiger partial charge in [0.25, 0.3) is 0 Å². The molecule has 0 aliphatic carbocycles. The molecule has 20 heavy (non-hydrogen) atoms. The Balaban J connectivity index is 2.70. The number of carbonyl (C=O) groups excluding carboxylic acids is 2. The van der Waals surface area contributed by atoms with Crippen molar-refractivity contribution in [3.63, 3.8) is 0 Å². The van der Waals surface area contributed by atoms with Gasteiger partial charge < -0.3 is 16.4 Å². The van der Waals surface area contributed by atoms with Crippen molar-refractivity contribution in [3.8, 4) is 0 Å². The van der Waals surface area contributed by atoms with E-state index in [9.17, 15) is 9.59 Å². The van der Waals surface area contributed by atoms with Crippen molar-refractivity contribution in [2.75, 3.05) is 6.54 Å². The van der Waals surface area contributed by atoms with Crippen LogP contribution in [0.5, 0.6) is 0 Å². The number of benzene rings is 1. The van der Waals surface area contributed by atoms with Gasteiger partial charge in [0.15, 0.2) is 0 Å². The monoisotopic (exact) mass is 341 g/mol. The molecule has 5 nitrogen and oxygen atoms in total. The molecule has 0 aliphatic heterocycles. The Hall–Kier alpha value is -1.40. The third-order valence-electron chi connectivity index (χ3n) is 2.80. The summed E-state index contributed by atoms with van der Waals surface area (Å²) in [5.74, 6) is -0.625. The molecular weight excluding hydrogens is 322 g/mol. The first-order valence-corrected chi connectivity index (χ1v) is 7.24. The minimum absolute atomic E-state index is 0.0398. The number of halogens is 1. The molecule has 1 unspecified atom stereocenters. The summed E-state index contributed by atoms with van der Waals surface area (Å²) in [5.41, 5.74) is 11.8. The molecule has 0 fully saturated rings. The van der Waals surface area contributed by atoms with Gasteiger partial charge in [-0.2, -0.15) is 0 Å². The topological polar surface area (TPSA) is 89.4 Å².